The Morgan fingerprint density at radius 3 is 2.28 bits per heavy atom. The summed E-state index contributed by atoms with van der Waals surface area (Å²) in [6.07, 6.45) is 6.25. The quantitative estimate of drug-likeness (QED) is 0.703. The monoisotopic (exact) mass is 332 g/mol. The van der Waals surface area contributed by atoms with Gasteiger partial charge in [-0.1, -0.05) is 50.3 Å². The third-order valence-electron chi connectivity index (χ3n) is 5.83. The van der Waals surface area contributed by atoms with Crippen LogP contribution >= 0.6 is 0 Å². The Labute approximate surface area is 149 Å². The fourth-order valence-electron chi connectivity index (χ4n) is 4.51. The minimum atomic E-state index is -0.881. The van der Waals surface area contributed by atoms with E-state index in [4.69, 9.17) is 5.11 Å². The van der Waals surface area contributed by atoms with Crippen LogP contribution in [0.1, 0.15) is 77.6 Å². The molecule has 2 aromatic carbocycles. The van der Waals surface area contributed by atoms with Crippen molar-refractivity contribution in [2.24, 2.45) is 5.92 Å². The molecular weight excluding hydrogens is 308 g/mol. The minimum absolute atomic E-state index is 0.330. The lowest BCUT2D eigenvalue weighted by molar-refractivity contribution is 0.0697. The standard InChI is InChI=1S/C23H24O2/c1-14(2)21(11-15-3-5-16(6-4-15)23(24)25)19-9-10-20-17-7-8-18(12-17)22(20)13-19/h3-6,9-11,13-14,17-18H,7-8,12H2,1-2H3,(H,24,25)/t17-,18-/m1/s1. The number of rotatable bonds is 4. The van der Waals surface area contributed by atoms with Crippen molar-refractivity contribution in [3.05, 3.63) is 70.3 Å². The first-order valence-corrected chi connectivity index (χ1v) is 9.22. The minimum Gasteiger partial charge on any atom is -0.478 e. The van der Waals surface area contributed by atoms with Gasteiger partial charge in [0.25, 0.3) is 0 Å². The van der Waals surface area contributed by atoms with E-state index in [1.165, 1.54) is 30.4 Å². The van der Waals surface area contributed by atoms with Crippen LogP contribution in [0.4, 0.5) is 0 Å². The van der Waals surface area contributed by atoms with Gasteiger partial charge in [-0.3, -0.25) is 0 Å². The summed E-state index contributed by atoms with van der Waals surface area (Å²) in [5.74, 6) is 1.09. The van der Waals surface area contributed by atoms with Crippen LogP contribution < -0.4 is 0 Å². The number of carboxylic acids is 1. The summed E-state index contributed by atoms with van der Waals surface area (Å²) in [6.45, 7) is 4.44. The van der Waals surface area contributed by atoms with Crippen molar-refractivity contribution < 1.29 is 9.90 Å². The van der Waals surface area contributed by atoms with Crippen LogP contribution in [0.25, 0.3) is 11.6 Å². The molecule has 0 radical (unpaired) electrons. The summed E-state index contributed by atoms with van der Waals surface area (Å²) in [7, 11) is 0. The zero-order chi connectivity index (χ0) is 17.6. The molecule has 25 heavy (non-hydrogen) atoms. The highest BCUT2D eigenvalue weighted by atomic mass is 16.4. The summed E-state index contributed by atoms with van der Waals surface area (Å²) >= 11 is 0. The Bertz CT molecular complexity index is 843. The Hall–Kier alpha value is -2.35. The van der Waals surface area contributed by atoms with E-state index in [9.17, 15) is 4.79 Å². The molecule has 1 fully saturated rings. The van der Waals surface area contributed by atoms with Crippen LogP contribution in [0.2, 0.25) is 0 Å². The molecule has 0 aromatic heterocycles. The van der Waals surface area contributed by atoms with Gasteiger partial charge in [0.1, 0.15) is 0 Å². The number of carboxylic acid groups (broad SMARTS) is 1. The van der Waals surface area contributed by atoms with Gasteiger partial charge >= 0.3 is 5.97 Å². The van der Waals surface area contributed by atoms with Crippen LogP contribution in [-0.2, 0) is 0 Å². The first-order chi connectivity index (χ1) is 12.0. The Morgan fingerprint density at radius 2 is 1.64 bits per heavy atom. The van der Waals surface area contributed by atoms with Crippen LogP contribution in [0.15, 0.2) is 42.5 Å². The lowest BCUT2D eigenvalue weighted by atomic mass is 9.86. The van der Waals surface area contributed by atoms with E-state index < -0.39 is 5.97 Å². The zero-order valence-corrected chi connectivity index (χ0v) is 14.8. The van der Waals surface area contributed by atoms with Crippen LogP contribution in [0.3, 0.4) is 0 Å². The molecule has 0 saturated heterocycles. The third kappa shape index (κ3) is 2.90. The SMILES string of the molecule is CC(C)C(=Cc1ccc(C(=O)O)cc1)c1ccc2c(c1)[C@@H]1CC[C@@H]2C1. The maximum absolute atomic E-state index is 11.0. The fourth-order valence-corrected chi connectivity index (χ4v) is 4.51. The molecule has 128 valence electrons. The number of allylic oxidation sites excluding steroid dienone is 1. The van der Waals surface area contributed by atoms with E-state index in [0.717, 1.165) is 17.4 Å². The van der Waals surface area contributed by atoms with Crippen molar-refractivity contribution >= 4 is 17.6 Å². The molecule has 0 unspecified atom stereocenters. The van der Waals surface area contributed by atoms with Gasteiger partial charge in [-0.2, -0.15) is 0 Å². The third-order valence-corrected chi connectivity index (χ3v) is 5.83. The smallest absolute Gasteiger partial charge is 0.335 e. The maximum Gasteiger partial charge on any atom is 0.335 e. The van der Waals surface area contributed by atoms with Gasteiger partial charge in [-0.15, -0.1) is 0 Å². The largest absolute Gasteiger partial charge is 0.478 e. The molecular formula is C23H24O2. The van der Waals surface area contributed by atoms with Crippen molar-refractivity contribution in [2.45, 2.75) is 44.9 Å². The first-order valence-electron chi connectivity index (χ1n) is 9.22. The number of carbonyl (C=O) groups is 1. The fraction of sp³-hybridized carbons (Fsp3) is 0.348. The average Bonchev–Trinajstić information content (AvgIpc) is 3.21. The summed E-state index contributed by atoms with van der Waals surface area (Å²) in [5, 5.41) is 9.05. The molecule has 2 bridgehead atoms. The second-order valence-electron chi connectivity index (χ2n) is 7.73. The molecule has 0 aliphatic heterocycles. The van der Waals surface area contributed by atoms with Crippen molar-refractivity contribution in [2.75, 3.05) is 0 Å². The molecule has 2 heteroatoms. The molecule has 0 heterocycles. The molecule has 1 saturated carbocycles. The van der Waals surface area contributed by atoms with Crippen LogP contribution in [-0.4, -0.2) is 11.1 Å². The summed E-state index contributed by atoms with van der Waals surface area (Å²) < 4.78 is 0. The van der Waals surface area contributed by atoms with Gasteiger partial charge in [0.15, 0.2) is 0 Å². The molecule has 2 atom stereocenters. The second-order valence-corrected chi connectivity index (χ2v) is 7.73. The summed E-state index contributed by atoms with van der Waals surface area (Å²) in [4.78, 5) is 11.0. The van der Waals surface area contributed by atoms with Gasteiger partial charge in [0, 0.05) is 0 Å². The Balaban J connectivity index is 1.70. The molecule has 4 rings (SSSR count). The van der Waals surface area contributed by atoms with Gasteiger partial charge < -0.3 is 5.11 Å². The first kappa shape index (κ1) is 16.1. The van der Waals surface area contributed by atoms with E-state index in [2.05, 4.69) is 38.1 Å². The zero-order valence-electron chi connectivity index (χ0n) is 14.8. The number of aromatic carboxylic acids is 1. The summed E-state index contributed by atoms with van der Waals surface area (Å²) in [6, 6.07) is 14.2. The van der Waals surface area contributed by atoms with Crippen molar-refractivity contribution in [1.82, 2.24) is 0 Å². The lowest BCUT2D eigenvalue weighted by Crippen LogP contribution is -2.01. The van der Waals surface area contributed by atoms with Gasteiger partial charge in [-0.25, -0.2) is 4.79 Å². The number of fused-ring (bicyclic) bond motifs is 5. The molecule has 2 aliphatic carbocycles. The van der Waals surface area contributed by atoms with E-state index in [-0.39, 0.29) is 0 Å². The molecule has 2 nitrogen and oxygen atoms in total. The normalized spacial score (nSPS) is 21.6. The second kappa shape index (κ2) is 6.18. The molecule has 2 aromatic rings. The molecule has 2 aliphatic rings. The highest BCUT2D eigenvalue weighted by molar-refractivity contribution is 5.88. The van der Waals surface area contributed by atoms with E-state index in [1.807, 2.05) is 12.1 Å². The van der Waals surface area contributed by atoms with E-state index in [0.29, 0.717) is 11.5 Å². The Morgan fingerprint density at radius 1 is 1.00 bits per heavy atom. The predicted molar refractivity (Wildman–Crippen MR) is 102 cm³/mol. The number of hydrogen-bond acceptors (Lipinski definition) is 1. The Kier molecular flexibility index (Phi) is 3.99. The van der Waals surface area contributed by atoms with E-state index >= 15 is 0 Å². The summed E-state index contributed by atoms with van der Waals surface area (Å²) in [5.41, 5.74) is 7.15. The molecule has 0 spiro atoms. The van der Waals surface area contributed by atoms with Gasteiger partial charge in [-0.05, 0) is 77.0 Å². The highest BCUT2D eigenvalue weighted by Gasteiger charge is 2.36. The van der Waals surface area contributed by atoms with Crippen molar-refractivity contribution in [3.8, 4) is 0 Å². The van der Waals surface area contributed by atoms with E-state index in [1.54, 1.807) is 23.3 Å². The predicted octanol–water partition coefficient (Wildman–Crippen LogP) is 5.95. The van der Waals surface area contributed by atoms with Crippen LogP contribution in [0, 0.1) is 5.92 Å². The lowest BCUT2D eigenvalue weighted by Gasteiger charge is -2.19. The van der Waals surface area contributed by atoms with Gasteiger partial charge in [0.05, 0.1) is 5.56 Å². The van der Waals surface area contributed by atoms with Crippen LogP contribution in [0.5, 0.6) is 0 Å². The molecule has 1 N–H and O–H groups in total. The van der Waals surface area contributed by atoms with Crippen molar-refractivity contribution in [1.29, 1.82) is 0 Å². The average molecular weight is 332 g/mol. The van der Waals surface area contributed by atoms with Crippen molar-refractivity contribution in [3.63, 3.8) is 0 Å². The number of benzene rings is 2. The van der Waals surface area contributed by atoms with Gasteiger partial charge in [0.2, 0.25) is 0 Å². The topological polar surface area (TPSA) is 37.3 Å². The maximum atomic E-state index is 11.0. The number of hydrogen-bond donors (Lipinski definition) is 1. The molecule has 0 amide bonds. The highest BCUT2D eigenvalue weighted by Crippen LogP contribution is 2.53.